The Kier molecular flexibility index (Phi) is 3.93. The number of aromatic nitrogens is 4. The molecule has 0 unspecified atom stereocenters. The van der Waals surface area contributed by atoms with Crippen LogP contribution in [0.4, 0.5) is 0 Å². The molecule has 0 saturated carbocycles. The highest BCUT2D eigenvalue weighted by atomic mass is 32.2. The van der Waals surface area contributed by atoms with E-state index in [1.54, 1.807) is 13.0 Å². The summed E-state index contributed by atoms with van der Waals surface area (Å²) in [5.74, 6) is -1.06. The lowest BCUT2D eigenvalue weighted by Gasteiger charge is -2.09. The van der Waals surface area contributed by atoms with Crippen molar-refractivity contribution in [1.82, 2.24) is 19.7 Å². The molecule has 2 heterocycles. The van der Waals surface area contributed by atoms with E-state index in [1.165, 1.54) is 10.6 Å². The summed E-state index contributed by atoms with van der Waals surface area (Å²) in [6.07, 6.45) is 0. The van der Waals surface area contributed by atoms with E-state index < -0.39 is 5.97 Å². The number of hydrogen-bond acceptors (Lipinski definition) is 5. The molecule has 8 heteroatoms. The molecule has 2 N–H and O–H groups in total. The minimum absolute atomic E-state index is 0.0816. The average molecular weight is 294 g/mol. The van der Waals surface area contributed by atoms with E-state index in [9.17, 15) is 9.59 Å². The molecule has 0 saturated heterocycles. The quantitative estimate of drug-likeness (QED) is 0.890. The number of aryl methyl sites for hydroxylation is 1. The van der Waals surface area contributed by atoms with Gasteiger partial charge in [0.05, 0.1) is 5.56 Å². The Morgan fingerprint density at radius 3 is 2.75 bits per heavy atom. The van der Waals surface area contributed by atoms with Gasteiger partial charge in [0.1, 0.15) is 5.03 Å². The van der Waals surface area contributed by atoms with Crippen molar-refractivity contribution >= 4 is 17.7 Å². The molecule has 2 aromatic heterocycles. The molecular weight excluding hydrogens is 280 g/mol. The van der Waals surface area contributed by atoms with Gasteiger partial charge >= 0.3 is 11.7 Å². The second kappa shape index (κ2) is 5.49. The number of pyridine rings is 1. The molecule has 106 valence electrons. The summed E-state index contributed by atoms with van der Waals surface area (Å²) < 4.78 is 1.46. The normalized spacial score (nSPS) is 11.0. The lowest BCUT2D eigenvalue weighted by molar-refractivity contribution is 0.0692. The summed E-state index contributed by atoms with van der Waals surface area (Å²) >= 11 is 1.06. The molecule has 0 amide bonds. The van der Waals surface area contributed by atoms with Gasteiger partial charge in [0, 0.05) is 11.7 Å². The van der Waals surface area contributed by atoms with Crippen molar-refractivity contribution in [3.05, 3.63) is 33.9 Å². The molecule has 0 radical (unpaired) electrons. The molecule has 0 aromatic carbocycles. The van der Waals surface area contributed by atoms with Crippen molar-refractivity contribution in [3.8, 4) is 0 Å². The number of carboxylic acid groups (broad SMARTS) is 1. The van der Waals surface area contributed by atoms with Crippen LogP contribution >= 0.6 is 11.8 Å². The number of aromatic amines is 1. The van der Waals surface area contributed by atoms with E-state index in [-0.39, 0.29) is 17.3 Å². The average Bonchev–Trinajstić information content (AvgIpc) is 2.70. The van der Waals surface area contributed by atoms with E-state index >= 15 is 0 Å². The van der Waals surface area contributed by atoms with Crippen LogP contribution in [0.2, 0.25) is 0 Å². The molecule has 0 spiro atoms. The first kappa shape index (κ1) is 14.3. The molecule has 0 aliphatic carbocycles. The van der Waals surface area contributed by atoms with Crippen molar-refractivity contribution in [2.45, 2.75) is 37.0 Å². The third-order valence-corrected chi connectivity index (χ3v) is 3.58. The van der Waals surface area contributed by atoms with E-state index in [4.69, 9.17) is 5.11 Å². The largest absolute Gasteiger partial charge is 0.478 e. The minimum atomic E-state index is -1.06. The topological polar surface area (TPSA) is 101 Å². The fraction of sp³-hybridized carbons (Fsp3) is 0.333. The molecule has 0 fully saturated rings. The van der Waals surface area contributed by atoms with Crippen LogP contribution in [0.15, 0.2) is 27.1 Å². The van der Waals surface area contributed by atoms with E-state index in [2.05, 4.69) is 15.2 Å². The first-order valence-electron chi connectivity index (χ1n) is 5.96. The maximum Gasteiger partial charge on any atom is 0.344 e. The Balaban J connectivity index is 2.47. The number of nitrogens with one attached hydrogen (secondary N) is 1. The highest BCUT2D eigenvalue weighted by Crippen LogP contribution is 2.28. The summed E-state index contributed by atoms with van der Waals surface area (Å²) in [7, 11) is 0. The van der Waals surface area contributed by atoms with Crippen molar-refractivity contribution < 1.29 is 9.90 Å². The Morgan fingerprint density at radius 2 is 2.15 bits per heavy atom. The van der Waals surface area contributed by atoms with Crippen LogP contribution in [-0.4, -0.2) is 30.8 Å². The molecular formula is C12H14N4O3S. The minimum Gasteiger partial charge on any atom is -0.478 e. The first-order chi connectivity index (χ1) is 9.40. The van der Waals surface area contributed by atoms with Gasteiger partial charge in [-0.3, -0.25) is 4.57 Å². The fourth-order valence-electron chi connectivity index (χ4n) is 1.68. The first-order valence-corrected chi connectivity index (χ1v) is 6.77. The van der Waals surface area contributed by atoms with Crippen LogP contribution in [0.3, 0.4) is 0 Å². The third-order valence-electron chi connectivity index (χ3n) is 2.61. The van der Waals surface area contributed by atoms with Gasteiger partial charge in [-0.15, -0.1) is 5.10 Å². The van der Waals surface area contributed by atoms with Gasteiger partial charge in [-0.2, -0.15) is 0 Å². The zero-order chi connectivity index (χ0) is 14.9. The molecule has 20 heavy (non-hydrogen) atoms. The number of carboxylic acids is 1. The predicted molar refractivity (Wildman–Crippen MR) is 73.3 cm³/mol. The summed E-state index contributed by atoms with van der Waals surface area (Å²) in [5, 5.41) is 16.2. The van der Waals surface area contributed by atoms with Crippen LogP contribution in [0.5, 0.6) is 0 Å². The molecule has 0 atom stereocenters. The van der Waals surface area contributed by atoms with Crippen LogP contribution in [0, 0.1) is 6.92 Å². The van der Waals surface area contributed by atoms with Crippen LogP contribution in [0.25, 0.3) is 0 Å². The number of aromatic carboxylic acids is 1. The zero-order valence-corrected chi connectivity index (χ0v) is 12.1. The Bertz CT molecular complexity index is 705. The van der Waals surface area contributed by atoms with Crippen LogP contribution < -0.4 is 5.69 Å². The van der Waals surface area contributed by atoms with Gasteiger partial charge in [0.15, 0.2) is 5.16 Å². The van der Waals surface area contributed by atoms with Gasteiger partial charge in [-0.05, 0) is 44.7 Å². The SMILES string of the molecule is Cc1ccc(C(=O)O)c(Sc2n[nH]c(=O)n2C(C)C)n1. The maximum atomic E-state index is 11.7. The number of nitrogens with zero attached hydrogens (tertiary/aromatic N) is 3. The summed E-state index contributed by atoms with van der Waals surface area (Å²) in [6.45, 7) is 5.47. The van der Waals surface area contributed by atoms with Gasteiger partial charge in [-0.25, -0.2) is 19.7 Å². The van der Waals surface area contributed by atoms with E-state index in [1.807, 2.05) is 13.8 Å². The molecule has 7 nitrogen and oxygen atoms in total. The van der Waals surface area contributed by atoms with Crippen molar-refractivity contribution in [2.75, 3.05) is 0 Å². The predicted octanol–water partition coefficient (Wildman–Crippen LogP) is 1.71. The van der Waals surface area contributed by atoms with Crippen molar-refractivity contribution in [2.24, 2.45) is 0 Å². The van der Waals surface area contributed by atoms with Gasteiger partial charge in [0.2, 0.25) is 0 Å². The highest BCUT2D eigenvalue weighted by Gasteiger charge is 2.18. The maximum absolute atomic E-state index is 11.7. The molecule has 0 aliphatic heterocycles. The van der Waals surface area contributed by atoms with Crippen LogP contribution in [0.1, 0.15) is 35.9 Å². The lowest BCUT2D eigenvalue weighted by Crippen LogP contribution is -2.19. The number of carbonyl (C=O) groups is 1. The standard InChI is InChI=1S/C12H14N4O3S/c1-6(2)16-11(19)14-15-12(16)20-9-8(10(17)18)5-4-7(3)13-9/h4-6H,1-3H3,(H,14,19)(H,17,18). The molecule has 0 bridgehead atoms. The summed E-state index contributed by atoms with van der Waals surface area (Å²) in [5.41, 5.74) is 0.463. The van der Waals surface area contributed by atoms with Crippen molar-refractivity contribution in [3.63, 3.8) is 0 Å². The summed E-state index contributed by atoms with van der Waals surface area (Å²) in [6, 6.07) is 3.05. The molecule has 2 aromatic rings. The fourth-order valence-corrected chi connectivity index (χ4v) is 2.79. The Labute approximate surface area is 119 Å². The monoisotopic (exact) mass is 294 g/mol. The van der Waals surface area contributed by atoms with Crippen molar-refractivity contribution in [1.29, 1.82) is 0 Å². The Morgan fingerprint density at radius 1 is 1.45 bits per heavy atom. The highest BCUT2D eigenvalue weighted by molar-refractivity contribution is 7.99. The van der Waals surface area contributed by atoms with E-state index in [0.717, 1.165) is 11.8 Å². The van der Waals surface area contributed by atoms with Gasteiger partial charge in [0.25, 0.3) is 0 Å². The smallest absolute Gasteiger partial charge is 0.344 e. The molecule has 2 rings (SSSR count). The lowest BCUT2D eigenvalue weighted by atomic mass is 10.2. The number of hydrogen-bond donors (Lipinski definition) is 2. The zero-order valence-electron chi connectivity index (χ0n) is 11.2. The van der Waals surface area contributed by atoms with Crippen LogP contribution in [-0.2, 0) is 0 Å². The summed E-state index contributed by atoms with van der Waals surface area (Å²) in [4.78, 5) is 27.1. The number of rotatable bonds is 4. The second-order valence-corrected chi connectivity index (χ2v) is 5.44. The third kappa shape index (κ3) is 2.74. The molecule has 0 aliphatic rings. The van der Waals surface area contributed by atoms with E-state index in [0.29, 0.717) is 15.9 Å². The number of H-pyrrole nitrogens is 1. The van der Waals surface area contributed by atoms with Gasteiger partial charge in [-0.1, -0.05) is 0 Å². The van der Waals surface area contributed by atoms with Gasteiger partial charge < -0.3 is 5.11 Å². The Hall–Kier alpha value is -2.09. The second-order valence-electron chi connectivity index (χ2n) is 4.49.